The Bertz CT molecular complexity index is 663. The Hall–Kier alpha value is -0.960. The molecule has 0 unspecified atom stereocenters. The Labute approximate surface area is 153 Å². The number of thiophene rings is 1. The highest BCUT2D eigenvalue weighted by Gasteiger charge is 2.23. The predicted octanol–water partition coefficient (Wildman–Crippen LogP) is 2.74. The summed E-state index contributed by atoms with van der Waals surface area (Å²) in [6.07, 6.45) is 0.884. The first kappa shape index (κ1) is 18.4. The van der Waals surface area contributed by atoms with E-state index in [2.05, 4.69) is 38.3 Å². The quantitative estimate of drug-likeness (QED) is 0.822. The molecule has 126 valence electrons. The minimum absolute atomic E-state index is 0. The van der Waals surface area contributed by atoms with Crippen molar-refractivity contribution < 1.29 is 9.32 Å². The second-order valence-electron chi connectivity index (χ2n) is 5.28. The monoisotopic (exact) mass is 420 g/mol. The van der Waals surface area contributed by atoms with Gasteiger partial charge in [0.2, 0.25) is 17.6 Å². The smallest absolute Gasteiger partial charge is 0.227 e. The van der Waals surface area contributed by atoms with E-state index in [4.69, 9.17) is 4.52 Å². The molecule has 1 aliphatic rings. The van der Waals surface area contributed by atoms with Gasteiger partial charge >= 0.3 is 0 Å². The summed E-state index contributed by atoms with van der Waals surface area (Å²) in [5.74, 6) is 1.23. The molecule has 1 amide bonds. The topological polar surface area (TPSA) is 71.3 Å². The van der Waals surface area contributed by atoms with E-state index in [-0.39, 0.29) is 24.4 Å². The number of hydrogen-bond acceptors (Lipinski definition) is 6. The molecule has 0 aromatic carbocycles. The van der Waals surface area contributed by atoms with Crippen molar-refractivity contribution in [3.63, 3.8) is 0 Å². The Morgan fingerprint density at radius 3 is 3.13 bits per heavy atom. The van der Waals surface area contributed by atoms with Crippen molar-refractivity contribution in [2.45, 2.75) is 25.8 Å². The standard InChI is InChI=1S/C14H17BrN4O2S.ClH/c1-9-7-16-4-5-19(9)13(20)3-2-12-17-14(18-21-12)11-6-10(15)8-22-11;/h6,8-9,16H,2-5,7H2,1H3;1H/t9-;/m0./s1. The van der Waals surface area contributed by atoms with Gasteiger partial charge in [-0.15, -0.1) is 23.7 Å². The molecule has 0 bridgehead atoms. The highest BCUT2D eigenvalue weighted by Crippen LogP contribution is 2.27. The van der Waals surface area contributed by atoms with Gasteiger partial charge in [0, 0.05) is 48.4 Å². The molecule has 3 heterocycles. The van der Waals surface area contributed by atoms with E-state index in [9.17, 15) is 4.79 Å². The number of aromatic nitrogens is 2. The lowest BCUT2D eigenvalue weighted by molar-refractivity contribution is -0.134. The fourth-order valence-corrected chi connectivity index (χ4v) is 3.81. The number of rotatable bonds is 4. The molecule has 23 heavy (non-hydrogen) atoms. The third-order valence-corrected chi connectivity index (χ3v) is 5.32. The number of halogens is 2. The zero-order chi connectivity index (χ0) is 15.5. The fourth-order valence-electron chi connectivity index (χ4n) is 2.46. The summed E-state index contributed by atoms with van der Waals surface area (Å²) in [5, 5.41) is 9.23. The van der Waals surface area contributed by atoms with Gasteiger partial charge < -0.3 is 14.7 Å². The molecule has 1 fully saturated rings. The lowest BCUT2D eigenvalue weighted by Gasteiger charge is -2.34. The maximum atomic E-state index is 12.3. The number of nitrogens with zero attached hydrogens (tertiary/aromatic N) is 3. The molecule has 2 aromatic heterocycles. The van der Waals surface area contributed by atoms with Crippen LogP contribution in [0.4, 0.5) is 0 Å². The molecule has 1 saturated heterocycles. The largest absolute Gasteiger partial charge is 0.339 e. The van der Waals surface area contributed by atoms with Crippen LogP contribution in [0, 0.1) is 0 Å². The summed E-state index contributed by atoms with van der Waals surface area (Å²) < 4.78 is 6.24. The number of carbonyl (C=O) groups is 1. The molecule has 0 saturated carbocycles. The maximum Gasteiger partial charge on any atom is 0.227 e. The Morgan fingerprint density at radius 2 is 2.43 bits per heavy atom. The summed E-state index contributed by atoms with van der Waals surface area (Å²) in [4.78, 5) is 19.5. The summed E-state index contributed by atoms with van der Waals surface area (Å²) in [5.41, 5.74) is 0. The molecule has 1 N–H and O–H groups in total. The van der Waals surface area contributed by atoms with Gasteiger partial charge in [-0.25, -0.2) is 0 Å². The van der Waals surface area contributed by atoms with Crippen LogP contribution in [0.2, 0.25) is 0 Å². The molecule has 9 heteroatoms. The lowest BCUT2D eigenvalue weighted by Crippen LogP contribution is -2.52. The van der Waals surface area contributed by atoms with Gasteiger partial charge in [-0.05, 0) is 28.9 Å². The van der Waals surface area contributed by atoms with Crippen molar-refractivity contribution in [3.05, 3.63) is 21.8 Å². The summed E-state index contributed by atoms with van der Waals surface area (Å²) in [6.45, 7) is 4.53. The van der Waals surface area contributed by atoms with E-state index >= 15 is 0 Å². The van der Waals surface area contributed by atoms with Crippen LogP contribution in [-0.2, 0) is 11.2 Å². The van der Waals surface area contributed by atoms with Crippen LogP contribution in [0.3, 0.4) is 0 Å². The molecule has 0 spiro atoms. The Balaban J connectivity index is 0.00000192. The average molecular weight is 422 g/mol. The SMILES string of the molecule is C[C@H]1CNCCN1C(=O)CCc1nc(-c2cc(Br)cs2)no1.Cl. The lowest BCUT2D eigenvalue weighted by atomic mass is 10.2. The minimum atomic E-state index is 0. The van der Waals surface area contributed by atoms with Gasteiger partial charge in [0.05, 0.1) is 4.88 Å². The van der Waals surface area contributed by atoms with Crippen molar-refractivity contribution in [1.29, 1.82) is 0 Å². The second-order valence-corrected chi connectivity index (χ2v) is 7.11. The van der Waals surface area contributed by atoms with Crippen LogP contribution in [0.15, 0.2) is 20.4 Å². The van der Waals surface area contributed by atoms with E-state index in [1.165, 1.54) is 0 Å². The number of hydrogen-bond donors (Lipinski definition) is 1. The Kier molecular flexibility index (Phi) is 6.58. The van der Waals surface area contributed by atoms with Gasteiger partial charge in [-0.2, -0.15) is 4.98 Å². The van der Waals surface area contributed by atoms with Crippen molar-refractivity contribution in [1.82, 2.24) is 20.4 Å². The first-order valence-electron chi connectivity index (χ1n) is 7.20. The average Bonchev–Trinajstić information content (AvgIpc) is 3.14. The molecule has 0 aliphatic carbocycles. The van der Waals surface area contributed by atoms with Gasteiger partial charge in [0.1, 0.15) is 0 Å². The van der Waals surface area contributed by atoms with Crippen LogP contribution in [0.1, 0.15) is 19.2 Å². The van der Waals surface area contributed by atoms with Crippen LogP contribution in [-0.4, -0.2) is 46.6 Å². The highest BCUT2D eigenvalue weighted by atomic mass is 79.9. The van der Waals surface area contributed by atoms with Crippen LogP contribution in [0.25, 0.3) is 10.7 Å². The van der Waals surface area contributed by atoms with Gasteiger partial charge in [0.25, 0.3) is 0 Å². The molecule has 1 atom stereocenters. The number of carbonyl (C=O) groups excluding carboxylic acids is 1. The second kappa shape index (κ2) is 8.23. The highest BCUT2D eigenvalue weighted by molar-refractivity contribution is 9.10. The number of aryl methyl sites for hydroxylation is 1. The molecule has 2 aromatic rings. The third-order valence-electron chi connectivity index (χ3n) is 3.63. The zero-order valence-electron chi connectivity index (χ0n) is 12.6. The van der Waals surface area contributed by atoms with E-state index in [0.717, 1.165) is 29.0 Å². The molecular formula is C14H18BrClN4O2S. The summed E-state index contributed by atoms with van der Waals surface area (Å²) in [6, 6.07) is 2.19. The number of amides is 1. The summed E-state index contributed by atoms with van der Waals surface area (Å²) in [7, 11) is 0. The molecule has 3 rings (SSSR count). The van der Waals surface area contributed by atoms with Crippen molar-refractivity contribution in [2.24, 2.45) is 0 Å². The van der Waals surface area contributed by atoms with Crippen molar-refractivity contribution in [2.75, 3.05) is 19.6 Å². The van der Waals surface area contributed by atoms with E-state index in [1.54, 1.807) is 11.3 Å². The number of nitrogens with one attached hydrogen (secondary N) is 1. The minimum Gasteiger partial charge on any atom is -0.339 e. The van der Waals surface area contributed by atoms with E-state index < -0.39 is 0 Å². The van der Waals surface area contributed by atoms with E-state index in [0.29, 0.717) is 24.6 Å². The molecule has 0 radical (unpaired) electrons. The predicted molar refractivity (Wildman–Crippen MR) is 94.9 cm³/mol. The van der Waals surface area contributed by atoms with Gasteiger partial charge in [0.15, 0.2) is 0 Å². The molecular weight excluding hydrogens is 404 g/mol. The molecule has 6 nitrogen and oxygen atoms in total. The first-order valence-corrected chi connectivity index (χ1v) is 8.88. The van der Waals surface area contributed by atoms with Crippen LogP contribution < -0.4 is 5.32 Å². The molecule has 1 aliphatic heterocycles. The van der Waals surface area contributed by atoms with Gasteiger partial charge in [-0.1, -0.05) is 5.16 Å². The summed E-state index contributed by atoms with van der Waals surface area (Å²) >= 11 is 4.95. The Morgan fingerprint density at radius 1 is 1.61 bits per heavy atom. The van der Waals surface area contributed by atoms with Crippen molar-refractivity contribution in [3.8, 4) is 10.7 Å². The zero-order valence-corrected chi connectivity index (χ0v) is 15.8. The maximum absolute atomic E-state index is 12.3. The number of piperazine rings is 1. The van der Waals surface area contributed by atoms with E-state index in [1.807, 2.05) is 16.3 Å². The van der Waals surface area contributed by atoms with Crippen LogP contribution >= 0.6 is 39.7 Å². The van der Waals surface area contributed by atoms with Gasteiger partial charge in [-0.3, -0.25) is 4.79 Å². The normalized spacial score (nSPS) is 17.8. The fraction of sp³-hybridized carbons (Fsp3) is 0.500. The van der Waals surface area contributed by atoms with Crippen LogP contribution in [0.5, 0.6) is 0 Å². The third kappa shape index (κ3) is 4.53. The first-order chi connectivity index (χ1) is 10.6. The van der Waals surface area contributed by atoms with Crippen molar-refractivity contribution >= 4 is 45.6 Å².